The molecule has 0 bridgehead atoms. The predicted octanol–water partition coefficient (Wildman–Crippen LogP) is 3.89. The van der Waals surface area contributed by atoms with Gasteiger partial charge in [0.1, 0.15) is 11.6 Å². The molecule has 1 aliphatic carbocycles. The summed E-state index contributed by atoms with van der Waals surface area (Å²) < 4.78 is 18.3. The second kappa shape index (κ2) is 5.79. The zero-order chi connectivity index (χ0) is 15.6. The molecule has 0 spiro atoms. The predicted molar refractivity (Wildman–Crippen MR) is 83.6 cm³/mol. The van der Waals surface area contributed by atoms with Gasteiger partial charge in [-0.15, -0.1) is 0 Å². The Morgan fingerprint density at radius 1 is 1.18 bits per heavy atom. The number of carbonyl (C=O) groups is 1. The first kappa shape index (κ1) is 14.6. The lowest BCUT2D eigenvalue weighted by molar-refractivity contribution is -0.124. The molecule has 3 nitrogen and oxygen atoms in total. The third-order valence-electron chi connectivity index (χ3n) is 4.37. The molecule has 1 N–H and O–H groups in total. The number of rotatable bonds is 4. The van der Waals surface area contributed by atoms with Crippen molar-refractivity contribution in [1.82, 2.24) is 0 Å². The Kier molecular flexibility index (Phi) is 3.84. The fourth-order valence-corrected chi connectivity index (χ4v) is 2.90. The summed E-state index contributed by atoms with van der Waals surface area (Å²) in [7, 11) is 1.59. The topological polar surface area (TPSA) is 38.3 Å². The van der Waals surface area contributed by atoms with E-state index in [-0.39, 0.29) is 11.7 Å². The maximum absolute atomic E-state index is 13.1. The summed E-state index contributed by atoms with van der Waals surface area (Å²) in [6, 6.07) is 13.5. The number of amides is 1. The van der Waals surface area contributed by atoms with Crippen molar-refractivity contribution in [2.45, 2.75) is 24.7 Å². The molecule has 22 heavy (non-hydrogen) atoms. The molecule has 0 heterocycles. The van der Waals surface area contributed by atoms with Crippen molar-refractivity contribution in [1.29, 1.82) is 0 Å². The lowest BCUT2D eigenvalue weighted by Crippen LogP contribution is -2.46. The van der Waals surface area contributed by atoms with E-state index in [1.54, 1.807) is 25.3 Å². The first-order valence-electron chi connectivity index (χ1n) is 7.36. The minimum atomic E-state index is -0.545. The van der Waals surface area contributed by atoms with Gasteiger partial charge in [-0.2, -0.15) is 0 Å². The molecular formula is C18H18FNO2. The maximum atomic E-state index is 13.1. The zero-order valence-electron chi connectivity index (χ0n) is 12.4. The van der Waals surface area contributed by atoms with Gasteiger partial charge in [-0.05, 0) is 42.7 Å². The number of ether oxygens (including phenoxy) is 1. The standard InChI is InChI=1S/C18H18FNO2/c1-22-16-5-2-4-15(12-16)20-17(21)18(10-3-11-18)13-6-8-14(19)9-7-13/h2,4-9,12H,3,10-11H2,1H3,(H,20,21). The van der Waals surface area contributed by atoms with Gasteiger partial charge in [0.2, 0.25) is 5.91 Å². The highest BCUT2D eigenvalue weighted by Crippen LogP contribution is 2.44. The summed E-state index contributed by atoms with van der Waals surface area (Å²) in [6.07, 6.45) is 2.58. The van der Waals surface area contributed by atoms with E-state index in [1.807, 2.05) is 18.2 Å². The monoisotopic (exact) mass is 299 g/mol. The second-order valence-corrected chi connectivity index (χ2v) is 5.63. The molecule has 2 aromatic carbocycles. The van der Waals surface area contributed by atoms with E-state index in [9.17, 15) is 9.18 Å². The first-order valence-corrected chi connectivity index (χ1v) is 7.36. The normalized spacial score (nSPS) is 15.7. The highest BCUT2D eigenvalue weighted by molar-refractivity contribution is 6.00. The molecule has 0 atom stereocenters. The Bertz CT molecular complexity index is 678. The van der Waals surface area contributed by atoms with Crippen molar-refractivity contribution in [3.63, 3.8) is 0 Å². The average molecular weight is 299 g/mol. The van der Waals surface area contributed by atoms with Gasteiger partial charge in [-0.25, -0.2) is 4.39 Å². The SMILES string of the molecule is COc1cccc(NC(=O)C2(c3ccc(F)cc3)CCC2)c1. The van der Waals surface area contributed by atoms with Gasteiger partial charge < -0.3 is 10.1 Å². The summed E-state index contributed by atoms with van der Waals surface area (Å²) >= 11 is 0. The molecule has 4 heteroatoms. The van der Waals surface area contributed by atoms with Crippen LogP contribution in [0.1, 0.15) is 24.8 Å². The van der Waals surface area contributed by atoms with Crippen molar-refractivity contribution >= 4 is 11.6 Å². The molecule has 0 aliphatic heterocycles. The minimum absolute atomic E-state index is 0.0430. The molecule has 1 fully saturated rings. The minimum Gasteiger partial charge on any atom is -0.497 e. The number of hydrogen-bond acceptors (Lipinski definition) is 2. The smallest absolute Gasteiger partial charge is 0.235 e. The molecule has 3 rings (SSSR count). The van der Waals surface area contributed by atoms with E-state index in [0.717, 1.165) is 24.8 Å². The van der Waals surface area contributed by atoms with E-state index in [0.29, 0.717) is 11.4 Å². The fourth-order valence-electron chi connectivity index (χ4n) is 2.90. The Labute approximate surface area is 129 Å². The molecule has 2 aromatic rings. The van der Waals surface area contributed by atoms with Crippen LogP contribution in [0.15, 0.2) is 48.5 Å². The first-order chi connectivity index (χ1) is 10.6. The molecule has 0 aromatic heterocycles. The van der Waals surface area contributed by atoms with Crippen LogP contribution in [-0.2, 0) is 10.2 Å². The van der Waals surface area contributed by atoms with E-state index in [4.69, 9.17) is 4.74 Å². The zero-order valence-corrected chi connectivity index (χ0v) is 12.4. The second-order valence-electron chi connectivity index (χ2n) is 5.63. The molecule has 0 unspecified atom stereocenters. The number of nitrogens with one attached hydrogen (secondary N) is 1. The summed E-state index contributed by atoms with van der Waals surface area (Å²) in [6.45, 7) is 0. The average Bonchev–Trinajstić information content (AvgIpc) is 2.48. The number of methoxy groups -OCH3 is 1. The molecule has 0 radical (unpaired) electrons. The Morgan fingerprint density at radius 3 is 2.50 bits per heavy atom. The van der Waals surface area contributed by atoms with Gasteiger partial charge in [-0.3, -0.25) is 4.79 Å². The number of halogens is 1. The van der Waals surface area contributed by atoms with Crippen LogP contribution in [0.5, 0.6) is 5.75 Å². The molecule has 1 amide bonds. The molecule has 1 saturated carbocycles. The molecular weight excluding hydrogens is 281 g/mol. The molecule has 0 saturated heterocycles. The molecule has 1 aliphatic rings. The van der Waals surface area contributed by atoms with Crippen molar-refractivity contribution in [3.8, 4) is 5.75 Å². The highest BCUT2D eigenvalue weighted by Gasteiger charge is 2.45. The van der Waals surface area contributed by atoms with E-state index in [2.05, 4.69) is 5.32 Å². The van der Waals surface area contributed by atoms with Crippen LogP contribution in [0.25, 0.3) is 0 Å². The Balaban J connectivity index is 1.84. The number of hydrogen-bond donors (Lipinski definition) is 1. The highest BCUT2D eigenvalue weighted by atomic mass is 19.1. The van der Waals surface area contributed by atoms with Crippen LogP contribution >= 0.6 is 0 Å². The van der Waals surface area contributed by atoms with Gasteiger partial charge >= 0.3 is 0 Å². The lowest BCUT2D eigenvalue weighted by atomic mass is 9.64. The Morgan fingerprint density at radius 2 is 1.91 bits per heavy atom. The summed E-state index contributed by atoms with van der Waals surface area (Å²) in [4.78, 5) is 12.8. The summed E-state index contributed by atoms with van der Waals surface area (Å²) in [5.74, 6) is 0.368. The van der Waals surface area contributed by atoms with Crippen molar-refractivity contribution < 1.29 is 13.9 Å². The number of anilines is 1. The van der Waals surface area contributed by atoms with Gasteiger partial charge in [0, 0.05) is 11.8 Å². The van der Waals surface area contributed by atoms with E-state index >= 15 is 0 Å². The van der Waals surface area contributed by atoms with Gasteiger partial charge in [0.15, 0.2) is 0 Å². The van der Waals surface area contributed by atoms with E-state index in [1.165, 1.54) is 12.1 Å². The van der Waals surface area contributed by atoms with Crippen molar-refractivity contribution in [3.05, 3.63) is 59.9 Å². The van der Waals surface area contributed by atoms with Crippen molar-refractivity contribution in [2.24, 2.45) is 0 Å². The number of carbonyl (C=O) groups excluding carboxylic acids is 1. The lowest BCUT2D eigenvalue weighted by Gasteiger charge is -2.40. The molecule has 114 valence electrons. The quantitative estimate of drug-likeness (QED) is 0.930. The van der Waals surface area contributed by atoms with Crippen LogP contribution in [0.4, 0.5) is 10.1 Å². The van der Waals surface area contributed by atoms with Gasteiger partial charge in [0.05, 0.1) is 12.5 Å². The van der Waals surface area contributed by atoms with Crippen LogP contribution in [0, 0.1) is 5.82 Å². The third kappa shape index (κ3) is 2.56. The van der Waals surface area contributed by atoms with Crippen LogP contribution < -0.4 is 10.1 Å². The van der Waals surface area contributed by atoms with Crippen molar-refractivity contribution in [2.75, 3.05) is 12.4 Å². The van der Waals surface area contributed by atoms with Crippen LogP contribution in [0.3, 0.4) is 0 Å². The van der Waals surface area contributed by atoms with Gasteiger partial charge in [-0.1, -0.05) is 24.6 Å². The largest absolute Gasteiger partial charge is 0.497 e. The summed E-state index contributed by atoms with van der Waals surface area (Å²) in [5, 5.41) is 2.96. The van der Waals surface area contributed by atoms with Crippen LogP contribution in [-0.4, -0.2) is 13.0 Å². The van der Waals surface area contributed by atoms with Gasteiger partial charge in [0.25, 0.3) is 0 Å². The summed E-state index contributed by atoms with van der Waals surface area (Å²) in [5.41, 5.74) is 1.04. The maximum Gasteiger partial charge on any atom is 0.235 e. The van der Waals surface area contributed by atoms with E-state index < -0.39 is 5.41 Å². The Hall–Kier alpha value is -2.36. The van der Waals surface area contributed by atoms with Crippen LogP contribution in [0.2, 0.25) is 0 Å². The number of benzene rings is 2. The fraction of sp³-hybridized carbons (Fsp3) is 0.278. The third-order valence-corrected chi connectivity index (χ3v) is 4.37.